The third kappa shape index (κ3) is 4.39. The molecule has 1 N–H and O–H groups in total. The summed E-state index contributed by atoms with van der Waals surface area (Å²) in [5, 5.41) is 5.15. The Balaban J connectivity index is 1.58. The molecule has 2 amide bonds. The zero-order valence-corrected chi connectivity index (χ0v) is 15.3. The number of rotatable bonds is 5. The number of anilines is 1. The lowest BCUT2D eigenvalue weighted by molar-refractivity contribution is -0.137. The maximum Gasteiger partial charge on any atom is 0.241 e. The molecule has 138 valence electrons. The lowest BCUT2D eigenvalue weighted by Gasteiger charge is -2.30. The van der Waals surface area contributed by atoms with Crippen molar-refractivity contribution >= 4 is 28.3 Å². The molecule has 0 bridgehead atoms. The number of carbonyl (C=O) groups is 2. The smallest absolute Gasteiger partial charge is 0.241 e. The van der Waals surface area contributed by atoms with Gasteiger partial charge in [0.25, 0.3) is 0 Å². The van der Waals surface area contributed by atoms with Gasteiger partial charge in [-0.25, -0.2) is 0 Å². The summed E-state index contributed by atoms with van der Waals surface area (Å²) < 4.78 is 5.27. The summed E-state index contributed by atoms with van der Waals surface area (Å²) in [6.45, 7) is 4.41. The summed E-state index contributed by atoms with van der Waals surface area (Å²) in [5.41, 5.74) is 0.758. The molecule has 3 rings (SSSR count). The first-order valence-electron chi connectivity index (χ1n) is 8.90. The molecule has 0 saturated carbocycles. The third-order valence-electron chi connectivity index (χ3n) is 4.81. The second-order valence-corrected chi connectivity index (χ2v) is 6.64. The summed E-state index contributed by atoms with van der Waals surface area (Å²) in [6, 6.07) is 13.4. The Morgan fingerprint density at radius 2 is 1.85 bits per heavy atom. The molecular formula is C20H25N3O3. The SMILES string of the molecule is C[C@@H](C(=O)Nc1ccc2ccccc2c1)N(C)CC(=O)N1CCOCC1. The summed E-state index contributed by atoms with van der Waals surface area (Å²) >= 11 is 0. The van der Waals surface area contributed by atoms with Gasteiger partial charge >= 0.3 is 0 Å². The van der Waals surface area contributed by atoms with Crippen molar-refractivity contribution < 1.29 is 14.3 Å². The van der Waals surface area contributed by atoms with Gasteiger partial charge in [-0.1, -0.05) is 30.3 Å². The molecule has 1 fully saturated rings. The van der Waals surface area contributed by atoms with Crippen LogP contribution < -0.4 is 5.32 Å². The number of morpholine rings is 1. The maximum atomic E-state index is 12.6. The summed E-state index contributed by atoms with van der Waals surface area (Å²) in [6.07, 6.45) is 0. The van der Waals surface area contributed by atoms with Gasteiger partial charge in [-0.15, -0.1) is 0 Å². The van der Waals surface area contributed by atoms with Gasteiger partial charge in [0, 0.05) is 18.8 Å². The lowest BCUT2D eigenvalue weighted by atomic mass is 10.1. The third-order valence-corrected chi connectivity index (χ3v) is 4.81. The van der Waals surface area contributed by atoms with E-state index in [0.29, 0.717) is 26.3 Å². The van der Waals surface area contributed by atoms with Crippen LogP contribution in [0.15, 0.2) is 42.5 Å². The Morgan fingerprint density at radius 1 is 1.15 bits per heavy atom. The molecule has 2 aromatic rings. The van der Waals surface area contributed by atoms with Crippen LogP contribution in [0.3, 0.4) is 0 Å². The number of hydrogen-bond acceptors (Lipinski definition) is 4. The zero-order chi connectivity index (χ0) is 18.5. The molecule has 2 aromatic carbocycles. The molecule has 6 nitrogen and oxygen atoms in total. The fourth-order valence-corrected chi connectivity index (χ4v) is 2.98. The molecule has 0 unspecified atom stereocenters. The van der Waals surface area contributed by atoms with Crippen molar-refractivity contribution in [3.8, 4) is 0 Å². The van der Waals surface area contributed by atoms with E-state index < -0.39 is 6.04 Å². The summed E-state index contributed by atoms with van der Waals surface area (Å²) in [4.78, 5) is 28.4. The highest BCUT2D eigenvalue weighted by molar-refractivity contribution is 5.97. The summed E-state index contributed by atoms with van der Waals surface area (Å²) in [5.74, 6) is -0.0984. The van der Waals surface area contributed by atoms with Crippen LogP contribution >= 0.6 is 0 Å². The highest BCUT2D eigenvalue weighted by atomic mass is 16.5. The van der Waals surface area contributed by atoms with E-state index in [0.717, 1.165) is 16.5 Å². The minimum Gasteiger partial charge on any atom is -0.378 e. The second-order valence-electron chi connectivity index (χ2n) is 6.64. The van der Waals surface area contributed by atoms with Gasteiger partial charge in [-0.3, -0.25) is 14.5 Å². The molecule has 1 atom stereocenters. The molecule has 0 aromatic heterocycles. The number of carbonyl (C=O) groups excluding carboxylic acids is 2. The largest absolute Gasteiger partial charge is 0.378 e. The number of hydrogen-bond donors (Lipinski definition) is 1. The van der Waals surface area contributed by atoms with Gasteiger partial charge in [0.1, 0.15) is 0 Å². The first-order chi connectivity index (χ1) is 12.5. The Kier molecular flexibility index (Phi) is 5.85. The van der Waals surface area contributed by atoms with Gasteiger partial charge in [-0.05, 0) is 36.9 Å². The molecular weight excluding hydrogens is 330 g/mol. The van der Waals surface area contributed by atoms with Crippen LogP contribution in [-0.2, 0) is 14.3 Å². The number of ether oxygens (including phenoxy) is 1. The van der Waals surface area contributed by atoms with E-state index in [-0.39, 0.29) is 18.4 Å². The van der Waals surface area contributed by atoms with Crippen molar-refractivity contribution in [2.75, 3.05) is 45.2 Å². The molecule has 1 saturated heterocycles. The number of nitrogens with zero attached hydrogens (tertiary/aromatic N) is 2. The Bertz CT molecular complexity index is 787. The zero-order valence-electron chi connectivity index (χ0n) is 15.3. The van der Waals surface area contributed by atoms with Crippen LogP contribution in [0.4, 0.5) is 5.69 Å². The average Bonchev–Trinajstić information content (AvgIpc) is 2.67. The number of nitrogens with one attached hydrogen (secondary N) is 1. The van der Waals surface area contributed by atoms with Crippen LogP contribution in [0.25, 0.3) is 10.8 Å². The molecule has 6 heteroatoms. The minimum absolute atomic E-state index is 0.0288. The van der Waals surface area contributed by atoms with Crippen molar-refractivity contribution in [3.05, 3.63) is 42.5 Å². The molecule has 1 aliphatic rings. The topological polar surface area (TPSA) is 61.9 Å². The van der Waals surface area contributed by atoms with Crippen molar-refractivity contribution in [3.63, 3.8) is 0 Å². The van der Waals surface area contributed by atoms with Crippen molar-refractivity contribution in [1.82, 2.24) is 9.80 Å². The predicted molar refractivity (Wildman–Crippen MR) is 102 cm³/mol. The monoisotopic (exact) mass is 355 g/mol. The fraction of sp³-hybridized carbons (Fsp3) is 0.400. The Morgan fingerprint density at radius 3 is 2.58 bits per heavy atom. The number of amides is 2. The van der Waals surface area contributed by atoms with Crippen LogP contribution in [0, 0.1) is 0 Å². The summed E-state index contributed by atoms with van der Waals surface area (Å²) in [7, 11) is 1.79. The average molecular weight is 355 g/mol. The highest BCUT2D eigenvalue weighted by Crippen LogP contribution is 2.19. The van der Waals surface area contributed by atoms with Gasteiger partial charge in [0.2, 0.25) is 11.8 Å². The normalized spacial score (nSPS) is 15.9. The van der Waals surface area contributed by atoms with Gasteiger partial charge in [-0.2, -0.15) is 0 Å². The van der Waals surface area contributed by atoms with E-state index in [2.05, 4.69) is 5.32 Å². The van der Waals surface area contributed by atoms with E-state index in [9.17, 15) is 9.59 Å². The molecule has 0 spiro atoms. The van der Waals surface area contributed by atoms with Crippen molar-refractivity contribution in [1.29, 1.82) is 0 Å². The van der Waals surface area contributed by atoms with E-state index in [1.54, 1.807) is 16.8 Å². The van der Waals surface area contributed by atoms with Gasteiger partial charge in [0.05, 0.1) is 25.8 Å². The van der Waals surface area contributed by atoms with Crippen LogP contribution in [-0.4, -0.2) is 67.6 Å². The second kappa shape index (κ2) is 8.29. The first kappa shape index (κ1) is 18.4. The van der Waals surface area contributed by atoms with E-state index in [4.69, 9.17) is 4.74 Å². The van der Waals surface area contributed by atoms with Crippen LogP contribution in [0.2, 0.25) is 0 Å². The lowest BCUT2D eigenvalue weighted by Crippen LogP contribution is -2.48. The minimum atomic E-state index is -0.411. The predicted octanol–water partition coefficient (Wildman–Crippen LogP) is 1.96. The van der Waals surface area contributed by atoms with E-state index in [1.807, 2.05) is 49.4 Å². The van der Waals surface area contributed by atoms with Crippen LogP contribution in [0.5, 0.6) is 0 Å². The molecule has 0 radical (unpaired) electrons. The van der Waals surface area contributed by atoms with Crippen molar-refractivity contribution in [2.45, 2.75) is 13.0 Å². The standard InChI is InChI=1S/C20H25N3O3/c1-15(22(2)14-19(24)23-9-11-26-12-10-23)20(25)21-18-8-7-16-5-3-4-6-17(16)13-18/h3-8,13,15H,9-12,14H2,1-2H3,(H,21,25)/t15-/m0/s1. The molecule has 0 aliphatic carbocycles. The van der Waals surface area contributed by atoms with Crippen molar-refractivity contribution in [2.24, 2.45) is 0 Å². The maximum absolute atomic E-state index is 12.6. The van der Waals surface area contributed by atoms with E-state index >= 15 is 0 Å². The molecule has 1 heterocycles. The Labute approximate surface area is 153 Å². The fourth-order valence-electron chi connectivity index (χ4n) is 2.98. The Hall–Kier alpha value is -2.44. The molecule has 1 aliphatic heterocycles. The quantitative estimate of drug-likeness (QED) is 0.891. The highest BCUT2D eigenvalue weighted by Gasteiger charge is 2.23. The number of benzene rings is 2. The number of likely N-dealkylation sites (N-methyl/N-ethyl adjacent to an activating group) is 1. The van der Waals surface area contributed by atoms with Gasteiger partial charge in [0.15, 0.2) is 0 Å². The van der Waals surface area contributed by atoms with E-state index in [1.165, 1.54) is 0 Å². The molecule has 26 heavy (non-hydrogen) atoms. The number of fused-ring (bicyclic) bond motifs is 1. The van der Waals surface area contributed by atoms with Crippen LogP contribution in [0.1, 0.15) is 6.92 Å². The first-order valence-corrected chi connectivity index (χ1v) is 8.90. The van der Waals surface area contributed by atoms with Gasteiger partial charge < -0.3 is 15.0 Å².